The topological polar surface area (TPSA) is 52.9 Å². The van der Waals surface area contributed by atoms with Crippen molar-refractivity contribution in [1.82, 2.24) is 5.32 Å². The van der Waals surface area contributed by atoms with E-state index in [-0.39, 0.29) is 18.0 Å². The lowest BCUT2D eigenvalue weighted by molar-refractivity contribution is 0.0936. The predicted molar refractivity (Wildman–Crippen MR) is 58.3 cm³/mol. The molecule has 1 N–H and O–H groups in total. The number of rotatable bonds is 3. The number of hydrogen-bond acceptors (Lipinski definition) is 2. The molecule has 0 spiro atoms. The summed E-state index contributed by atoms with van der Waals surface area (Å²) in [6.07, 6.45) is 0.208. The third-order valence-electron chi connectivity index (χ3n) is 2.14. The van der Waals surface area contributed by atoms with E-state index in [1.165, 1.54) is 12.1 Å². The molecule has 0 fully saturated rings. The molecule has 0 radical (unpaired) electrons. The summed E-state index contributed by atoms with van der Waals surface area (Å²) < 4.78 is 13.3. The molecule has 1 atom stereocenters. The summed E-state index contributed by atoms with van der Waals surface area (Å²) >= 11 is 0. The molecule has 1 unspecified atom stereocenters. The third-order valence-corrected chi connectivity index (χ3v) is 2.14. The van der Waals surface area contributed by atoms with E-state index in [1.54, 1.807) is 19.9 Å². The second kappa shape index (κ2) is 5.26. The second-order valence-electron chi connectivity index (χ2n) is 3.72. The maximum absolute atomic E-state index is 13.3. The number of halogens is 1. The SMILES string of the molecule is Cc1ccc(F)c(C(=O)NC(C)CC#N)c1. The summed E-state index contributed by atoms with van der Waals surface area (Å²) in [6, 6.07) is 6.02. The maximum Gasteiger partial charge on any atom is 0.254 e. The Balaban J connectivity index is 2.81. The van der Waals surface area contributed by atoms with Crippen molar-refractivity contribution < 1.29 is 9.18 Å². The van der Waals surface area contributed by atoms with Crippen LogP contribution in [0.25, 0.3) is 0 Å². The first kappa shape index (κ1) is 12.2. The number of amides is 1. The average molecular weight is 220 g/mol. The lowest BCUT2D eigenvalue weighted by Crippen LogP contribution is -2.32. The third kappa shape index (κ3) is 3.06. The van der Waals surface area contributed by atoms with Crippen molar-refractivity contribution in [2.45, 2.75) is 26.3 Å². The van der Waals surface area contributed by atoms with Gasteiger partial charge < -0.3 is 5.32 Å². The number of carbonyl (C=O) groups is 1. The zero-order valence-corrected chi connectivity index (χ0v) is 9.25. The monoisotopic (exact) mass is 220 g/mol. The molecule has 0 aliphatic carbocycles. The van der Waals surface area contributed by atoms with Gasteiger partial charge >= 0.3 is 0 Å². The van der Waals surface area contributed by atoms with Crippen LogP contribution in [0.1, 0.15) is 29.3 Å². The molecule has 1 rings (SSSR count). The lowest BCUT2D eigenvalue weighted by Gasteiger charge is -2.11. The number of nitriles is 1. The predicted octanol–water partition coefficient (Wildman–Crippen LogP) is 2.17. The number of carbonyl (C=O) groups excluding carboxylic acids is 1. The summed E-state index contributed by atoms with van der Waals surface area (Å²) in [5.41, 5.74) is 0.837. The highest BCUT2D eigenvalue weighted by Crippen LogP contribution is 2.10. The lowest BCUT2D eigenvalue weighted by atomic mass is 10.1. The zero-order valence-electron chi connectivity index (χ0n) is 9.25. The van der Waals surface area contributed by atoms with Crippen molar-refractivity contribution in [3.8, 4) is 6.07 Å². The van der Waals surface area contributed by atoms with Gasteiger partial charge in [0.1, 0.15) is 5.82 Å². The minimum Gasteiger partial charge on any atom is -0.348 e. The highest BCUT2D eigenvalue weighted by Gasteiger charge is 2.13. The Morgan fingerprint density at radius 3 is 2.94 bits per heavy atom. The highest BCUT2D eigenvalue weighted by atomic mass is 19.1. The number of aryl methyl sites for hydroxylation is 1. The van der Waals surface area contributed by atoms with Crippen LogP contribution in [-0.4, -0.2) is 11.9 Å². The fourth-order valence-electron chi connectivity index (χ4n) is 1.30. The van der Waals surface area contributed by atoms with Crippen molar-refractivity contribution in [2.24, 2.45) is 0 Å². The first-order valence-corrected chi connectivity index (χ1v) is 4.98. The Hall–Kier alpha value is -1.89. The Morgan fingerprint density at radius 1 is 1.62 bits per heavy atom. The Morgan fingerprint density at radius 2 is 2.31 bits per heavy atom. The van der Waals surface area contributed by atoms with E-state index < -0.39 is 11.7 Å². The van der Waals surface area contributed by atoms with Gasteiger partial charge in [0.25, 0.3) is 5.91 Å². The van der Waals surface area contributed by atoms with Gasteiger partial charge in [0.2, 0.25) is 0 Å². The van der Waals surface area contributed by atoms with E-state index >= 15 is 0 Å². The number of benzene rings is 1. The molecule has 0 aromatic heterocycles. The van der Waals surface area contributed by atoms with Gasteiger partial charge in [-0.2, -0.15) is 5.26 Å². The van der Waals surface area contributed by atoms with Crippen molar-refractivity contribution in [3.63, 3.8) is 0 Å². The van der Waals surface area contributed by atoms with E-state index in [0.717, 1.165) is 5.56 Å². The summed E-state index contributed by atoms with van der Waals surface area (Å²) in [5.74, 6) is -1.03. The number of nitrogens with one attached hydrogen (secondary N) is 1. The van der Waals surface area contributed by atoms with Crippen molar-refractivity contribution in [2.75, 3.05) is 0 Å². The van der Waals surface area contributed by atoms with Gasteiger partial charge in [0.15, 0.2) is 0 Å². The average Bonchev–Trinajstić information content (AvgIpc) is 2.21. The molecule has 0 heterocycles. The van der Waals surface area contributed by atoms with Crippen LogP contribution in [0.2, 0.25) is 0 Å². The van der Waals surface area contributed by atoms with E-state index in [1.807, 2.05) is 6.07 Å². The molecular weight excluding hydrogens is 207 g/mol. The van der Waals surface area contributed by atoms with Gasteiger partial charge in [-0.05, 0) is 26.0 Å². The van der Waals surface area contributed by atoms with Crippen LogP contribution in [0.3, 0.4) is 0 Å². The molecule has 1 amide bonds. The van der Waals surface area contributed by atoms with E-state index in [4.69, 9.17) is 5.26 Å². The first-order valence-electron chi connectivity index (χ1n) is 4.98. The van der Waals surface area contributed by atoms with Crippen LogP contribution < -0.4 is 5.32 Å². The molecule has 0 saturated heterocycles. The van der Waals surface area contributed by atoms with Gasteiger partial charge in [0.05, 0.1) is 18.1 Å². The quantitative estimate of drug-likeness (QED) is 0.848. The molecule has 3 nitrogen and oxygen atoms in total. The molecule has 0 saturated carbocycles. The van der Waals surface area contributed by atoms with Crippen molar-refractivity contribution in [1.29, 1.82) is 5.26 Å². The fraction of sp³-hybridized carbons (Fsp3) is 0.333. The second-order valence-corrected chi connectivity index (χ2v) is 3.72. The highest BCUT2D eigenvalue weighted by molar-refractivity contribution is 5.94. The summed E-state index contributed by atoms with van der Waals surface area (Å²) in [6.45, 7) is 3.49. The van der Waals surface area contributed by atoms with Crippen LogP contribution in [0.15, 0.2) is 18.2 Å². The summed E-state index contributed by atoms with van der Waals surface area (Å²) in [5, 5.41) is 11.0. The van der Waals surface area contributed by atoms with E-state index in [2.05, 4.69) is 5.32 Å². The Bertz CT molecular complexity index is 437. The van der Waals surface area contributed by atoms with Crippen molar-refractivity contribution in [3.05, 3.63) is 35.1 Å². The van der Waals surface area contributed by atoms with Gasteiger partial charge in [-0.3, -0.25) is 4.79 Å². The van der Waals surface area contributed by atoms with Crippen LogP contribution in [0.4, 0.5) is 4.39 Å². The fourth-order valence-corrected chi connectivity index (χ4v) is 1.30. The molecule has 0 aliphatic heterocycles. The smallest absolute Gasteiger partial charge is 0.254 e. The first-order chi connectivity index (χ1) is 7.54. The molecule has 0 bridgehead atoms. The molecule has 84 valence electrons. The number of nitrogens with zero attached hydrogens (tertiary/aromatic N) is 1. The Labute approximate surface area is 93.9 Å². The zero-order chi connectivity index (χ0) is 12.1. The minimum absolute atomic E-state index is 0.0183. The van der Waals surface area contributed by atoms with Gasteiger partial charge in [-0.15, -0.1) is 0 Å². The van der Waals surface area contributed by atoms with Crippen LogP contribution in [0, 0.1) is 24.1 Å². The maximum atomic E-state index is 13.3. The summed E-state index contributed by atoms with van der Waals surface area (Å²) in [7, 11) is 0. The standard InChI is InChI=1S/C12H13FN2O/c1-8-3-4-11(13)10(7-8)12(16)15-9(2)5-6-14/h3-4,7,9H,5H2,1-2H3,(H,15,16). The Kier molecular flexibility index (Phi) is 4.01. The molecule has 1 aromatic rings. The minimum atomic E-state index is -0.549. The molecule has 4 heteroatoms. The molecule has 0 aliphatic rings. The molecule has 16 heavy (non-hydrogen) atoms. The van der Waals surface area contributed by atoms with E-state index in [0.29, 0.717) is 0 Å². The van der Waals surface area contributed by atoms with Crippen molar-refractivity contribution >= 4 is 5.91 Å². The normalized spacial score (nSPS) is 11.6. The summed E-state index contributed by atoms with van der Waals surface area (Å²) in [4.78, 5) is 11.6. The van der Waals surface area contributed by atoms with Gasteiger partial charge in [0, 0.05) is 6.04 Å². The van der Waals surface area contributed by atoms with Crippen LogP contribution in [-0.2, 0) is 0 Å². The van der Waals surface area contributed by atoms with Crippen LogP contribution in [0.5, 0.6) is 0 Å². The van der Waals surface area contributed by atoms with Crippen LogP contribution >= 0.6 is 0 Å². The van der Waals surface area contributed by atoms with Gasteiger partial charge in [-0.25, -0.2) is 4.39 Å². The number of hydrogen-bond donors (Lipinski definition) is 1. The molecule has 1 aromatic carbocycles. The largest absolute Gasteiger partial charge is 0.348 e. The van der Waals surface area contributed by atoms with E-state index in [9.17, 15) is 9.18 Å². The van der Waals surface area contributed by atoms with Gasteiger partial charge in [-0.1, -0.05) is 11.6 Å². The molecular formula is C12H13FN2O.